The summed E-state index contributed by atoms with van der Waals surface area (Å²) in [7, 11) is 0. The first-order valence-corrected chi connectivity index (χ1v) is 6.51. The molecule has 0 atom stereocenters. The van der Waals surface area contributed by atoms with Gasteiger partial charge in [-0.25, -0.2) is 0 Å². The van der Waals surface area contributed by atoms with Crippen molar-refractivity contribution in [1.29, 1.82) is 0 Å². The molecule has 0 aliphatic carbocycles. The second-order valence-electron chi connectivity index (χ2n) is 3.28. The van der Waals surface area contributed by atoms with Gasteiger partial charge in [0.25, 0.3) is 0 Å². The Hall–Kier alpha value is -1.67. The molecular weight excluding hydrogens is 300 g/mol. The zero-order valence-electron chi connectivity index (χ0n) is 8.74. The van der Waals surface area contributed by atoms with Crippen molar-refractivity contribution in [1.82, 2.24) is 9.97 Å². The predicted molar refractivity (Wildman–Crippen MR) is 58.4 cm³/mol. The fourth-order valence-electron chi connectivity index (χ4n) is 1.68. The first-order chi connectivity index (χ1) is 8.36. The molecule has 0 spiro atoms. The summed E-state index contributed by atoms with van der Waals surface area (Å²) in [6.07, 6.45) is 3.60. The summed E-state index contributed by atoms with van der Waals surface area (Å²) in [5, 5.41) is 2.28. The molecular formula is C12H8MoN2O2. The van der Waals surface area contributed by atoms with E-state index in [1.807, 2.05) is 12.1 Å². The van der Waals surface area contributed by atoms with Crippen LogP contribution in [0.5, 0.6) is 0 Å². The molecule has 3 rings (SSSR count). The van der Waals surface area contributed by atoms with Gasteiger partial charge in [-0.2, -0.15) is 0 Å². The molecule has 0 unspecified atom stereocenters. The summed E-state index contributed by atoms with van der Waals surface area (Å²) in [6.45, 7) is 0. The molecule has 1 aromatic carbocycles. The van der Waals surface area contributed by atoms with Crippen molar-refractivity contribution in [2.24, 2.45) is 0 Å². The van der Waals surface area contributed by atoms with Crippen LogP contribution in [0, 0.1) is 0 Å². The number of pyridine rings is 2. The van der Waals surface area contributed by atoms with E-state index in [0.717, 1.165) is 21.8 Å². The van der Waals surface area contributed by atoms with E-state index in [4.69, 9.17) is 6.80 Å². The average molecular weight is 308 g/mol. The summed E-state index contributed by atoms with van der Waals surface area (Å²) in [4.78, 5) is 8.69. The molecule has 0 amide bonds. The summed E-state index contributed by atoms with van der Waals surface area (Å²) in [6, 6.07) is 12.1. The molecule has 84 valence electrons. The maximum Gasteiger partial charge on any atom is 0.0964 e. The number of hydrogen-bond acceptors (Lipinski definition) is 4. The Kier molecular flexibility index (Phi) is 3.88. The molecule has 2 heterocycles. The Balaban J connectivity index is 0.000000329. The van der Waals surface area contributed by atoms with Crippen LogP contribution in [0.1, 0.15) is 0 Å². The van der Waals surface area contributed by atoms with E-state index < -0.39 is 18.5 Å². The quantitative estimate of drug-likeness (QED) is 0.473. The van der Waals surface area contributed by atoms with Gasteiger partial charge in [0.1, 0.15) is 0 Å². The summed E-state index contributed by atoms with van der Waals surface area (Å²) in [5.41, 5.74) is 1.95. The van der Waals surface area contributed by atoms with Gasteiger partial charge in [-0.05, 0) is 12.1 Å². The third-order valence-electron chi connectivity index (χ3n) is 2.34. The molecule has 0 bridgehead atoms. The van der Waals surface area contributed by atoms with Crippen LogP contribution in [0.4, 0.5) is 0 Å². The third-order valence-corrected chi connectivity index (χ3v) is 2.34. The summed E-state index contributed by atoms with van der Waals surface area (Å²) >= 11 is -2.03. The van der Waals surface area contributed by atoms with Crippen LogP contribution in [0.3, 0.4) is 0 Å². The minimum Gasteiger partial charge on any atom is -0.254 e. The van der Waals surface area contributed by atoms with Gasteiger partial charge in [-0.1, -0.05) is 24.3 Å². The van der Waals surface area contributed by atoms with Gasteiger partial charge >= 0.3 is 25.3 Å². The molecule has 17 heavy (non-hydrogen) atoms. The van der Waals surface area contributed by atoms with Crippen molar-refractivity contribution in [2.75, 3.05) is 0 Å². The fraction of sp³-hybridized carbons (Fsp3) is 0. The van der Waals surface area contributed by atoms with E-state index in [9.17, 15) is 0 Å². The van der Waals surface area contributed by atoms with Crippen molar-refractivity contribution < 1.29 is 25.3 Å². The SMILES string of the molecule is [O]=[Mo]=[O].c1cnc2c(c1)ccc1cccnc12. The van der Waals surface area contributed by atoms with Crippen molar-refractivity contribution in [3.63, 3.8) is 0 Å². The Morgan fingerprint density at radius 2 is 1.18 bits per heavy atom. The molecule has 0 saturated carbocycles. The van der Waals surface area contributed by atoms with Crippen LogP contribution in [0.25, 0.3) is 21.8 Å². The maximum atomic E-state index is 8.50. The Morgan fingerprint density at radius 1 is 0.765 bits per heavy atom. The number of nitrogens with zero attached hydrogens (tertiary/aromatic N) is 2. The second kappa shape index (κ2) is 5.60. The molecule has 2 aromatic heterocycles. The van der Waals surface area contributed by atoms with E-state index >= 15 is 0 Å². The van der Waals surface area contributed by atoms with Crippen LogP contribution in [-0.2, 0) is 25.3 Å². The minimum atomic E-state index is -2.03. The van der Waals surface area contributed by atoms with Crippen molar-refractivity contribution >= 4 is 21.8 Å². The molecule has 0 saturated heterocycles. The van der Waals surface area contributed by atoms with E-state index in [1.165, 1.54) is 0 Å². The van der Waals surface area contributed by atoms with Gasteiger partial charge in [-0.3, -0.25) is 9.97 Å². The predicted octanol–water partition coefficient (Wildman–Crippen LogP) is 2.54. The van der Waals surface area contributed by atoms with Crippen molar-refractivity contribution in [2.45, 2.75) is 0 Å². The minimum absolute atomic E-state index is 0.977. The van der Waals surface area contributed by atoms with Crippen LogP contribution < -0.4 is 0 Å². The largest absolute Gasteiger partial charge is 0.254 e. The number of aromatic nitrogens is 2. The molecule has 0 radical (unpaired) electrons. The van der Waals surface area contributed by atoms with Crippen LogP contribution in [0.15, 0.2) is 48.8 Å². The van der Waals surface area contributed by atoms with Crippen LogP contribution in [0.2, 0.25) is 0 Å². The van der Waals surface area contributed by atoms with Crippen molar-refractivity contribution in [3.8, 4) is 0 Å². The monoisotopic (exact) mass is 310 g/mol. The number of rotatable bonds is 0. The Labute approximate surface area is 106 Å². The van der Waals surface area contributed by atoms with E-state index in [2.05, 4.69) is 34.2 Å². The first kappa shape index (κ1) is 11.8. The first-order valence-electron chi connectivity index (χ1n) is 4.87. The zero-order chi connectivity index (χ0) is 12.1. The molecule has 0 N–H and O–H groups in total. The molecule has 0 aliphatic heterocycles. The number of hydrogen-bond donors (Lipinski definition) is 0. The Morgan fingerprint density at radius 3 is 1.59 bits per heavy atom. The number of benzene rings is 1. The molecule has 0 fully saturated rings. The topological polar surface area (TPSA) is 59.9 Å². The van der Waals surface area contributed by atoms with E-state index in [1.54, 1.807) is 12.4 Å². The molecule has 5 heteroatoms. The van der Waals surface area contributed by atoms with E-state index in [0.29, 0.717) is 0 Å². The fourth-order valence-corrected chi connectivity index (χ4v) is 1.68. The summed E-state index contributed by atoms with van der Waals surface area (Å²) < 4.78 is 17.0. The molecule has 0 aliphatic rings. The standard InChI is InChI=1S/C12H8N2.Mo.2O/c1-3-9-5-6-10-4-2-8-14-12(10)11(9)13-7-1;;;/h1-8H;;;. The smallest absolute Gasteiger partial charge is 0.0964 e. The van der Waals surface area contributed by atoms with E-state index in [-0.39, 0.29) is 0 Å². The number of fused-ring (bicyclic) bond motifs is 3. The van der Waals surface area contributed by atoms with Gasteiger partial charge in [-0.15, -0.1) is 0 Å². The zero-order valence-corrected chi connectivity index (χ0v) is 10.7. The van der Waals surface area contributed by atoms with Crippen molar-refractivity contribution in [3.05, 3.63) is 48.8 Å². The molecule has 3 aromatic rings. The van der Waals surface area contributed by atoms with Gasteiger partial charge in [0.2, 0.25) is 0 Å². The van der Waals surface area contributed by atoms with Gasteiger partial charge < -0.3 is 0 Å². The normalized spacial score (nSPS) is 9.65. The third kappa shape index (κ3) is 2.53. The maximum absolute atomic E-state index is 8.50. The molecule has 4 nitrogen and oxygen atoms in total. The van der Waals surface area contributed by atoms with Gasteiger partial charge in [0.15, 0.2) is 0 Å². The van der Waals surface area contributed by atoms with Gasteiger partial charge in [0.05, 0.1) is 11.0 Å². The average Bonchev–Trinajstić information content (AvgIpc) is 2.40. The Bertz CT molecular complexity index is 639. The summed E-state index contributed by atoms with van der Waals surface area (Å²) in [5.74, 6) is 0. The van der Waals surface area contributed by atoms with Crippen LogP contribution >= 0.6 is 0 Å². The second-order valence-corrected chi connectivity index (χ2v) is 3.62. The van der Waals surface area contributed by atoms with Crippen LogP contribution in [-0.4, -0.2) is 9.97 Å². The van der Waals surface area contributed by atoms with Gasteiger partial charge in [0, 0.05) is 23.2 Å².